The molecule has 0 aromatic carbocycles. The molecule has 0 bridgehead atoms. The number of carbonyl (C=O) groups excluding carboxylic acids is 2. The van der Waals surface area contributed by atoms with Crippen LogP contribution >= 0.6 is 0 Å². The van der Waals surface area contributed by atoms with Crippen LogP contribution in [0, 0.1) is 0 Å². The van der Waals surface area contributed by atoms with Crippen LogP contribution in [0.5, 0.6) is 0 Å². The normalized spacial score (nSPS) is 11.4. The van der Waals surface area contributed by atoms with Crippen molar-refractivity contribution in [2.75, 3.05) is 67.5 Å². The van der Waals surface area contributed by atoms with E-state index >= 15 is 0 Å². The van der Waals surface area contributed by atoms with E-state index in [1.165, 1.54) is 57.8 Å². The molecule has 0 aliphatic carbocycles. The second-order valence-electron chi connectivity index (χ2n) is 11.9. The Kier molecular flexibility index (Phi) is 29.1. The van der Waals surface area contributed by atoms with Crippen molar-refractivity contribution < 1.29 is 52.5 Å². The van der Waals surface area contributed by atoms with E-state index in [9.17, 15) is 9.59 Å². The first-order valence-corrected chi connectivity index (χ1v) is 14.8. The van der Waals surface area contributed by atoms with E-state index in [-0.39, 0.29) is 45.8 Å². The third-order valence-electron chi connectivity index (χ3n) is 7.07. The van der Waals surface area contributed by atoms with Crippen LogP contribution in [0.15, 0.2) is 0 Å². The summed E-state index contributed by atoms with van der Waals surface area (Å²) in [6.45, 7) is 10.5. The van der Waals surface area contributed by atoms with Crippen molar-refractivity contribution >= 4 is 11.8 Å². The summed E-state index contributed by atoms with van der Waals surface area (Å²) in [5.74, 6) is 0.433. The summed E-state index contributed by atoms with van der Waals surface area (Å²) in [4.78, 5) is 23.9. The summed E-state index contributed by atoms with van der Waals surface area (Å²) >= 11 is 0. The predicted octanol–water partition coefficient (Wildman–Crippen LogP) is -0.729. The first-order valence-electron chi connectivity index (χ1n) is 14.8. The Bertz CT molecular complexity index is 500. The lowest BCUT2D eigenvalue weighted by Crippen LogP contribution is -3.00. The van der Waals surface area contributed by atoms with Gasteiger partial charge in [-0.3, -0.25) is 9.59 Å². The van der Waals surface area contributed by atoms with Crippen molar-refractivity contribution in [3.8, 4) is 0 Å². The molecule has 0 spiro atoms. The summed E-state index contributed by atoms with van der Waals surface area (Å²) in [7, 11) is 9.20. The molecule has 0 aliphatic heterocycles. The highest BCUT2D eigenvalue weighted by atomic mass is 79.9. The second-order valence-corrected chi connectivity index (χ2v) is 11.9. The number of amides is 2. The molecule has 2 amide bonds. The Morgan fingerprint density at radius 1 is 0.486 bits per heavy atom. The lowest BCUT2D eigenvalue weighted by Gasteiger charge is -2.33. The smallest absolute Gasteiger partial charge is 0.219 e. The average molecular weight is 659 g/mol. The van der Waals surface area contributed by atoms with Gasteiger partial charge >= 0.3 is 0 Å². The minimum atomic E-state index is 0. The van der Waals surface area contributed by atoms with E-state index in [1.807, 2.05) is 0 Å². The fourth-order valence-corrected chi connectivity index (χ4v) is 4.58. The Hall–Kier alpha value is -0.180. The number of carbonyl (C=O) groups is 2. The molecule has 8 heteroatoms. The number of nitrogens with zero attached hydrogens (tertiary/aromatic N) is 2. The number of nitrogens with one attached hydrogen (secondary N) is 2. The molecular weight excluding hydrogens is 596 g/mol. The Labute approximate surface area is 251 Å². The molecule has 0 saturated carbocycles. The Morgan fingerprint density at radius 2 is 0.811 bits per heavy atom. The fourth-order valence-electron chi connectivity index (χ4n) is 4.58. The molecule has 0 atom stereocenters. The largest absolute Gasteiger partial charge is 1.00 e. The highest BCUT2D eigenvalue weighted by Gasteiger charge is 2.19. The van der Waals surface area contributed by atoms with Crippen LogP contribution in [0.4, 0.5) is 0 Å². The molecule has 0 aromatic heterocycles. The topological polar surface area (TPSA) is 58.2 Å². The van der Waals surface area contributed by atoms with E-state index < -0.39 is 0 Å². The molecule has 0 radical (unpaired) electrons. The van der Waals surface area contributed by atoms with Gasteiger partial charge in [0.05, 0.1) is 54.4 Å². The molecule has 2 N–H and O–H groups in total. The van der Waals surface area contributed by atoms with Crippen LogP contribution in [0.25, 0.3) is 0 Å². The lowest BCUT2D eigenvalue weighted by atomic mass is 10.1. The molecule has 6 nitrogen and oxygen atoms in total. The minimum absolute atomic E-state index is 0. The van der Waals surface area contributed by atoms with Crippen molar-refractivity contribution in [2.45, 2.75) is 110 Å². The van der Waals surface area contributed by atoms with Crippen LogP contribution in [0.3, 0.4) is 0 Å². The van der Waals surface area contributed by atoms with Gasteiger partial charge in [-0.2, -0.15) is 0 Å². The number of halogens is 2. The van der Waals surface area contributed by atoms with Crippen LogP contribution in [0.2, 0.25) is 0 Å². The monoisotopic (exact) mass is 656 g/mol. The van der Waals surface area contributed by atoms with Crippen molar-refractivity contribution in [1.29, 1.82) is 0 Å². The quantitative estimate of drug-likeness (QED) is 0.106. The maximum Gasteiger partial charge on any atom is 0.219 e. The number of rotatable bonds is 24. The Balaban J connectivity index is -0.00000578. The number of quaternary nitrogens is 2. The Morgan fingerprint density at radius 3 is 1.16 bits per heavy atom. The molecule has 0 aromatic rings. The van der Waals surface area contributed by atoms with Crippen molar-refractivity contribution in [3.63, 3.8) is 0 Å². The summed E-state index contributed by atoms with van der Waals surface area (Å²) < 4.78 is 2.00. The van der Waals surface area contributed by atoms with Gasteiger partial charge in [0.2, 0.25) is 11.8 Å². The molecular formula is C29H62Br2N4O2. The zero-order chi connectivity index (χ0) is 26.4. The molecule has 37 heavy (non-hydrogen) atoms. The zero-order valence-electron chi connectivity index (χ0n) is 25.3. The number of hydrogen-bond acceptors (Lipinski definition) is 2. The van der Waals surface area contributed by atoms with Gasteiger partial charge in [-0.25, -0.2) is 0 Å². The summed E-state index contributed by atoms with van der Waals surface area (Å²) in [5, 5.41) is 6.20. The maximum absolute atomic E-state index is 12.0. The second kappa shape index (κ2) is 26.1. The predicted molar refractivity (Wildman–Crippen MR) is 150 cm³/mol. The van der Waals surface area contributed by atoms with Gasteiger partial charge in [0.1, 0.15) is 0 Å². The minimum Gasteiger partial charge on any atom is -1.00 e. The number of unbranched alkanes of at least 4 members (excludes halogenated alkanes) is 8. The van der Waals surface area contributed by atoms with Gasteiger partial charge in [-0.1, -0.05) is 65.2 Å². The van der Waals surface area contributed by atoms with E-state index in [0.717, 1.165) is 73.9 Å². The van der Waals surface area contributed by atoms with Gasteiger partial charge in [-0.05, 0) is 12.8 Å². The summed E-state index contributed by atoms with van der Waals surface area (Å²) in [6.07, 6.45) is 16.6. The standard InChI is InChI=1S/C29H60N4O2.2BrH/c1-7-9-11-13-15-20-28(34)30-22-17-24-32(3,4)26-19-27-33(5,6)25-18-23-31-29(35)21-16-14-12-10-8-2;;/h7-27H2,1-6H3;2*1H. The SMILES string of the molecule is CCCCCCCC(=O)NCCC[N+](C)(C)CCC[N+](C)(C)CCCNC(=O)CCCCCCC.[Br-].[Br-]. The van der Waals surface area contributed by atoms with Crippen LogP contribution in [-0.4, -0.2) is 88.2 Å². The number of hydrogen-bond donors (Lipinski definition) is 2. The van der Waals surface area contributed by atoms with Crippen LogP contribution in [-0.2, 0) is 9.59 Å². The van der Waals surface area contributed by atoms with Gasteiger partial charge in [0.15, 0.2) is 0 Å². The molecule has 0 unspecified atom stereocenters. The average Bonchev–Trinajstić information content (AvgIpc) is 2.79. The van der Waals surface area contributed by atoms with Gasteiger partial charge in [0.25, 0.3) is 0 Å². The highest BCUT2D eigenvalue weighted by Crippen LogP contribution is 2.08. The van der Waals surface area contributed by atoms with Gasteiger partial charge in [-0.15, -0.1) is 0 Å². The highest BCUT2D eigenvalue weighted by molar-refractivity contribution is 5.76. The van der Waals surface area contributed by atoms with E-state index in [0.29, 0.717) is 12.8 Å². The van der Waals surface area contributed by atoms with Crippen molar-refractivity contribution in [3.05, 3.63) is 0 Å². The molecule has 0 rings (SSSR count). The molecule has 0 saturated heterocycles. The fraction of sp³-hybridized carbons (Fsp3) is 0.931. The first-order chi connectivity index (χ1) is 16.6. The third-order valence-corrected chi connectivity index (χ3v) is 7.07. The zero-order valence-corrected chi connectivity index (χ0v) is 28.5. The molecule has 0 heterocycles. The molecule has 0 aliphatic rings. The van der Waals surface area contributed by atoms with Gasteiger partial charge in [0, 0.05) is 45.2 Å². The van der Waals surface area contributed by atoms with Crippen molar-refractivity contribution in [2.24, 2.45) is 0 Å². The van der Waals surface area contributed by atoms with Crippen LogP contribution in [0.1, 0.15) is 110 Å². The summed E-state index contributed by atoms with van der Waals surface area (Å²) in [5.41, 5.74) is 0. The van der Waals surface area contributed by atoms with E-state index in [2.05, 4.69) is 52.7 Å². The van der Waals surface area contributed by atoms with Gasteiger partial charge < -0.3 is 53.6 Å². The molecule has 224 valence electrons. The van der Waals surface area contributed by atoms with E-state index in [1.54, 1.807) is 0 Å². The maximum atomic E-state index is 12.0. The summed E-state index contributed by atoms with van der Waals surface area (Å²) in [6, 6.07) is 0. The lowest BCUT2D eigenvalue weighted by molar-refractivity contribution is -0.909. The van der Waals surface area contributed by atoms with Crippen molar-refractivity contribution in [1.82, 2.24) is 10.6 Å². The first kappa shape index (κ1) is 41.3. The third kappa shape index (κ3) is 28.6. The van der Waals surface area contributed by atoms with Crippen LogP contribution < -0.4 is 44.6 Å². The van der Waals surface area contributed by atoms with E-state index in [4.69, 9.17) is 0 Å². The molecule has 0 fully saturated rings.